The number of aromatic nitrogens is 4. The van der Waals surface area contributed by atoms with E-state index in [-0.39, 0.29) is 24.1 Å². The van der Waals surface area contributed by atoms with Gasteiger partial charge in [0.05, 0.1) is 17.4 Å². The molecule has 7 nitrogen and oxygen atoms in total. The standard InChI is InChI=1S/C19H25N5O2/c1-3-10-23-16-6-4-5-7-17(16)24(19(23)26)11-8-18(25)21-15(2)13-22-12-9-20-14-22/h4-7,9,12,14-15H,3,8,10-11,13H2,1-2H3,(H,21,25). The summed E-state index contributed by atoms with van der Waals surface area (Å²) in [5, 5.41) is 2.98. The molecule has 0 bridgehead atoms. The Balaban J connectivity index is 1.66. The molecule has 1 aromatic carbocycles. The fourth-order valence-electron chi connectivity index (χ4n) is 3.25. The first-order chi connectivity index (χ1) is 12.6. The Morgan fingerprint density at radius 1 is 1.19 bits per heavy atom. The molecular formula is C19H25N5O2. The molecule has 0 aliphatic heterocycles. The largest absolute Gasteiger partial charge is 0.352 e. The molecule has 0 spiro atoms. The highest BCUT2D eigenvalue weighted by molar-refractivity contribution is 5.78. The summed E-state index contributed by atoms with van der Waals surface area (Å²) in [6.07, 6.45) is 6.47. The van der Waals surface area contributed by atoms with Crippen LogP contribution in [-0.2, 0) is 24.4 Å². The number of rotatable bonds is 8. The molecule has 2 heterocycles. The molecule has 0 saturated heterocycles. The lowest BCUT2D eigenvalue weighted by Gasteiger charge is -2.14. The third kappa shape index (κ3) is 3.87. The molecule has 1 N–H and O–H groups in total. The molecule has 0 saturated carbocycles. The number of carbonyl (C=O) groups is 1. The summed E-state index contributed by atoms with van der Waals surface area (Å²) in [5.74, 6) is -0.0585. The number of amides is 1. The molecule has 3 rings (SSSR count). The van der Waals surface area contributed by atoms with Gasteiger partial charge in [0.1, 0.15) is 0 Å². The average molecular weight is 355 g/mol. The number of imidazole rings is 2. The molecule has 0 fully saturated rings. The second kappa shape index (κ2) is 8.03. The number of carbonyl (C=O) groups excluding carboxylic acids is 1. The quantitative estimate of drug-likeness (QED) is 0.672. The molecule has 26 heavy (non-hydrogen) atoms. The molecule has 0 aliphatic carbocycles. The van der Waals surface area contributed by atoms with Gasteiger partial charge < -0.3 is 9.88 Å². The van der Waals surface area contributed by atoms with Crippen LogP contribution < -0.4 is 11.0 Å². The number of hydrogen-bond donors (Lipinski definition) is 1. The van der Waals surface area contributed by atoms with Crippen LogP contribution in [0.4, 0.5) is 0 Å². The lowest BCUT2D eigenvalue weighted by atomic mass is 10.3. The van der Waals surface area contributed by atoms with Crippen molar-refractivity contribution in [2.45, 2.75) is 52.4 Å². The van der Waals surface area contributed by atoms with E-state index in [2.05, 4.69) is 10.3 Å². The average Bonchev–Trinajstić information content (AvgIpc) is 3.21. The van der Waals surface area contributed by atoms with Gasteiger partial charge in [-0.3, -0.25) is 13.9 Å². The summed E-state index contributed by atoms with van der Waals surface area (Å²) in [6, 6.07) is 7.73. The normalized spacial score (nSPS) is 12.4. The van der Waals surface area contributed by atoms with Crippen LogP contribution in [0.1, 0.15) is 26.7 Å². The van der Waals surface area contributed by atoms with E-state index in [0.717, 1.165) is 17.5 Å². The third-order valence-corrected chi connectivity index (χ3v) is 4.39. The number of aryl methyl sites for hydroxylation is 2. The Morgan fingerprint density at radius 2 is 1.88 bits per heavy atom. The van der Waals surface area contributed by atoms with Gasteiger partial charge in [-0.25, -0.2) is 9.78 Å². The highest BCUT2D eigenvalue weighted by Crippen LogP contribution is 2.13. The Hall–Kier alpha value is -2.83. The van der Waals surface area contributed by atoms with Gasteiger partial charge in [-0.15, -0.1) is 0 Å². The van der Waals surface area contributed by atoms with Gasteiger partial charge >= 0.3 is 5.69 Å². The number of fused-ring (bicyclic) bond motifs is 1. The first-order valence-corrected chi connectivity index (χ1v) is 9.03. The number of benzene rings is 1. The molecule has 1 amide bonds. The minimum absolute atomic E-state index is 0.00476. The fourth-order valence-corrected chi connectivity index (χ4v) is 3.25. The van der Waals surface area contributed by atoms with Crippen LogP contribution in [0.25, 0.3) is 11.0 Å². The van der Waals surface area contributed by atoms with E-state index in [1.807, 2.05) is 48.9 Å². The van der Waals surface area contributed by atoms with Gasteiger partial charge in [0.25, 0.3) is 0 Å². The smallest absolute Gasteiger partial charge is 0.329 e. The maximum atomic E-state index is 12.7. The minimum Gasteiger partial charge on any atom is -0.352 e. The third-order valence-electron chi connectivity index (χ3n) is 4.39. The van der Waals surface area contributed by atoms with Crippen LogP contribution in [0.3, 0.4) is 0 Å². The first kappa shape index (κ1) is 18.0. The highest BCUT2D eigenvalue weighted by Gasteiger charge is 2.14. The molecule has 1 unspecified atom stereocenters. The molecule has 138 valence electrons. The zero-order valence-electron chi connectivity index (χ0n) is 15.3. The van der Waals surface area contributed by atoms with Gasteiger partial charge in [0.2, 0.25) is 5.91 Å². The van der Waals surface area contributed by atoms with Crippen LogP contribution in [0.5, 0.6) is 0 Å². The van der Waals surface area contributed by atoms with Crippen LogP contribution in [0, 0.1) is 0 Å². The monoisotopic (exact) mass is 355 g/mol. The van der Waals surface area contributed by atoms with Gasteiger partial charge in [0, 0.05) is 44.5 Å². The van der Waals surface area contributed by atoms with E-state index in [1.165, 1.54) is 0 Å². The van der Waals surface area contributed by atoms with Crippen LogP contribution >= 0.6 is 0 Å². The summed E-state index contributed by atoms with van der Waals surface area (Å²) in [5.41, 5.74) is 1.76. The van der Waals surface area contributed by atoms with Gasteiger partial charge in [-0.2, -0.15) is 0 Å². The van der Waals surface area contributed by atoms with Crippen molar-refractivity contribution in [3.8, 4) is 0 Å². The Morgan fingerprint density at radius 3 is 2.50 bits per heavy atom. The summed E-state index contributed by atoms with van der Waals surface area (Å²) < 4.78 is 5.41. The van der Waals surface area contributed by atoms with Crippen molar-refractivity contribution >= 4 is 16.9 Å². The van der Waals surface area contributed by atoms with E-state index in [0.29, 0.717) is 19.6 Å². The van der Waals surface area contributed by atoms with E-state index in [4.69, 9.17) is 0 Å². The van der Waals surface area contributed by atoms with Crippen LogP contribution in [-0.4, -0.2) is 30.6 Å². The lowest BCUT2D eigenvalue weighted by Crippen LogP contribution is -2.36. The Kier molecular flexibility index (Phi) is 5.55. The Bertz CT molecular complexity index is 923. The molecule has 7 heteroatoms. The summed E-state index contributed by atoms with van der Waals surface area (Å²) in [6.45, 7) is 5.73. The van der Waals surface area contributed by atoms with Crippen LogP contribution in [0.2, 0.25) is 0 Å². The second-order valence-electron chi connectivity index (χ2n) is 6.55. The number of nitrogens with one attached hydrogen (secondary N) is 1. The maximum absolute atomic E-state index is 12.7. The van der Waals surface area contributed by atoms with E-state index < -0.39 is 0 Å². The highest BCUT2D eigenvalue weighted by atomic mass is 16.2. The molecular weight excluding hydrogens is 330 g/mol. The minimum atomic E-state index is -0.0585. The van der Waals surface area contributed by atoms with Gasteiger partial charge in [-0.05, 0) is 25.5 Å². The number of nitrogens with zero attached hydrogens (tertiary/aromatic N) is 4. The number of para-hydroxylation sites is 2. The fraction of sp³-hybridized carbons (Fsp3) is 0.421. The molecule has 3 aromatic rings. The molecule has 1 atom stereocenters. The molecule has 2 aromatic heterocycles. The number of hydrogen-bond acceptors (Lipinski definition) is 3. The summed E-state index contributed by atoms with van der Waals surface area (Å²) >= 11 is 0. The van der Waals surface area contributed by atoms with Crippen molar-refractivity contribution in [3.63, 3.8) is 0 Å². The SMILES string of the molecule is CCCn1c(=O)n(CCC(=O)NC(C)Cn2ccnc2)c2ccccc21. The zero-order valence-corrected chi connectivity index (χ0v) is 15.3. The van der Waals surface area contributed by atoms with E-state index in [9.17, 15) is 9.59 Å². The maximum Gasteiger partial charge on any atom is 0.329 e. The zero-order chi connectivity index (χ0) is 18.5. The van der Waals surface area contributed by atoms with E-state index >= 15 is 0 Å². The van der Waals surface area contributed by atoms with Crippen molar-refractivity contribution in [2.75, 3.05) is 0 Å². The van der Waals surface area contributed by atoms with Crippen molar-refractivity contribution in [3.05, 3.63) is 53.5 Å². The summed E-state index contributed by atoms with van der Waals surface area (Å²) in [4.78, 5) is 29.0. The van der Waals surface area contributed by atoms with Gasteiger partial charge in [0.15, 0.2) is 0 Å². The lowest BCUT2D eigenvalue weighted by molar-refractivity contribution is -0.122. The predicted molar refractivity (Wildman–Crippen MR) is 101 cm³/mol. The Labute approximate surface area is 152 Å². The van der Waals surface area contributed by atoms with Crippen molar-refractivity contribution < 1.29 is 4.79 Å². The second-order valence-corrected chi connectivity index (χ2v) is 6.55. The van der Waals surface area contributed by atoms with E-state index in [1.54, 1.807) is 21.7 Å². The molecule has 0 radical (unpaired) electrons. The van der Waals surface area contributed by atoms with Crippen LogP contribution in [0.15, 0.2) is 47.8 Å². The topological polar surface area (TPSA) is 73.8 Å². The predicted octanol–water partition coefficient (Wildman–Crippen LogP) is 2.00. The van der Waals surface area contributed by atoms with Gasteiger partial charge in [-0.1, -0.05) is 19.1 Å². The van der Waals surface area contributed by atoms with Crippen molar-refractivity contribution in [1.82, 2.24) is 24.0 Å². The summed E-state index contributed by atoms with van der Waals surface area (Å²) in [7, 11) is 0. The molecule has 0 aliphatic rings. The van der Waals surface area contributed by atoms with Crippen molar-refractivity contribution in [1.29, 1.82) is 0 Å². The van der Waals surface area contributed by atoms with Crippen molar-refractivity contribution in [2.24, 2.45) is 0 Å². The first-order valence-electron chi connectivity index (χ1n) is 9.03.